The normalized spacial score (nSPS) is 14.7. The fraction of sp³-hybridized carbons (Fsp3) is 0.538. The number of benzene rings is 1. The fourth-order valence-electron chi connectivity index (χ4n) is 1.59. The first kappa shape index (κ1) is 16.7. The maximum Gasteiger partial charge on any atom is 0.244 e. The molecule has 0 amide bonds. The van der Waals surface area contributed by atoms with E-state index in [0.717, 1.165) is 0 Å². The third-order valence-electron chi connectivity index (χ3n) is 3.17. The molecule has 1 aromatic carbocycles. The van der Waals surface area contributed by atoms with Crippen LogP contribution in [0.3, 0.4) is 0 Å². The molecule has 0 saturated heterocycles. The van der Waals surface area contributed by atoms with E-state index >= 15 is 0 Å². The molecule has 0 aliphatic rings. The Morgan fingerprint density at radius 3 is 2.40 bits per heavy atom. The molecule has 6 nitrogen and oxygen atoms in total. The highest BCUT2D eigenvalue weighted by atomic mass is 32.2. The van der Waals surface area contributed by atoms with Crippen molar-refractivity contribution in [3.63, 3.8) is 0 Å². The van der Waals surface area contributed by atoms with Crippen LogP contribution in [0.25, 0.3) is 0 Å². The molecule has 7 heteroatoms. The summed E-state index contributed by atoms with van der Waals surface area (Å²) < 4.78 is 37.4. The number of hydrogen-bond donors (Lipinski definition) is 2. The van der Waals surface area contributed by atoms with Crippen LogP contribution in [0, 0.1) is 0 Å². The molecule has 0 saturated carbocycles. The molecule has 0 bridgehead atoms. The van der Waals surface area contributed by atoms with Crippen LogP contribution in [-0.4, -0.2) is 39.9 Å². The summed E-state index contributed by atoms with van der Waals surface area (Å²) >= 11 is 0. The van der Waals surface area contributed by atoms with Crippen molar-refractivity contribution in [3.8, 4) is 11.5 Å². The Kier molecular flexibility index (Phi) is 5.38. The summed E-state index contributed by atoms with van der Waals surface area (Å²) in [6.45, 7) is 3.14. The number of ether oxygens (including phenoxy) is 2. The summed E-state index contributed by atoms with van der Waals surface area (Å²) in [6.07, 6.45) is 0.460. The van der Waals surface area contributed by atoms with Gasteiger partial charge in [0.1, 0.15) is 16.4 Å². The van der Waals surface area contributed by atoms with Crippen LogP contribution in [0.2, 0.25) is 0 Å². The van der Waals surface area contributed by atoms with E-state index in [1.807, 2.05) is 0 Å². The lowest BCUT2D eigenvalue weighted by atomic mass is 10.0. The Hall–Kier alpha value is -1.31. The van der Waals surface area contributed by atoms with Crippen molar-refractivity contribution in [1.29, 1.82) is 0 Å². The molecule has 0 aliphatic carbocycles. The molecule has 20 heavy (non-hydrogen) atoms. The van der Waals surface area contributed by atoms with E-state index in [-0.39, 0.29) is 17.3 Å². The molecule has 1 atom stereocenters. The van der Waals surface area contributed by atoms with Gasteiger partial charge in [-0.2, -0.15) is 0 Å². The minimum atomic E-state index is -3.80. The van der Waals surface area contributed by atoms with E-state index in [4.69, 9.17) is 9.47 Å². The highest BCUT2D eigenvalue weighted by Gasteiger charge is 2.30. The molecule has 0 radical (unpaired) electrons. The van der Waals surface area contributed by atoms with Gasteiger partial charge in [0.25, 0.3) is 0 Å². The first-order valence-electron chi connectivity index (χ1n) is 6.18. The van der Waals surface area contributed by atoms with Gasteiger partial charge in [0, 0.05) is 6.07 Å². The minimum absolute atomic E-state index is 0.00826. The fourth-order valence-corrected chi connectivity index (χ4v) is 3.21. The zero-order valence-corrected chi connectivity index (χ0v) is 13.0. The maximum atomic E-state index is 12.4. The number of aliphatic hydroxyl groups excluding tert-OH is 1. The van der Waals surface area contributed by atoms with Gasteiger partial charge in [-0.25, -0.2) is 13.1 Å². The van der Waals surface area contributed by atoms with Crippen LogP contribution in [-0.2, 0) is 10.0 Å². The van der Waals surface area contributed by atoms with Crippen LogP contribution in [0.5, 0.6) is 11.5 Å². The Morgan fingerprint density at radius 2 is 1.95 bits per heavy atom. The highest BCUT2D eigenvalue weighted by Crippen LogP contribution is 2.29. The second-order valence-electron chi connectivity index (χ2n) is 4.69. The maximum absolute atomic E-state index is 12.4. The number of hydrogen-bond acceptors (Lipinski definition) is 5. The second-order valence-corrected chi connectivity index (χ2v) is 6.35. The first-order chi connectivity index (χ1) is 9.31. The number of rotatable bonds is 7. The molecule has 1 aromatic rings. The minimum Gasteiger partial charge on any atom is -0.497 e. The zero-order chi connectivity index (χ0) is 15.4. The summed E-state index contributed by atoms with van der Waals surface area (Å²) in [7, 11) is -0.925. The number of nitrogens with one attached hydrogen (secondary N) is 1. The molecule has 1 rings (SSSR count). The molecule has 1 unspecified atom stereocenters. The highest BCUT2D eigenvalue weighted by molar-refractivity contribution is 7.89. The van der Waals surface area contributed by atoms with Crippen LogP contribution < -0.4 is 14.2 Å². The zero-order valence-electron chi connectivity index (χ0n) is 12.1. The van der Waals surface area contributed by atoms with Crippen molar-refractivity contribution in [3.05, 3.63) is 18.2 Å². The van der Waals surface area contributed by atoms with Gasteiger partial charge in [-0.1, -0.05) is 6.92 Å². The topological polar surface area (TPSA) is 84.9 Å². The molecular weight excluding hydrogens is 282 g/mol. The SMILES string of the molecule is CCC(C)(CO)NS(=O)(=O)c1ccc(OC)cc1OC. The van der Waals surface area contributed by atoms with Crippen molar-refractivity contribution in [1.82, 2.24) is 4.72 Å². The Balaban J connectivity index is 3.22. The average molecular weight is 303 g/mol. The van der Waals surface area contributed by atoms with E-state index in [1.54, 1.807) is 19.9 Å². The van der Waals surface area contributed by atoms with Crippen LogP contribution >= 0.6 is 0 Å². The Morgan fingerprint density at radius 1 is 1.30 bits per heavy atom. The third kappa shape index (κ3) is 3.62. The Bertz CT molecular complexity index is 552. The van der Waals surface area contributed by atoms with E-state index in [1.165, 1.54) is 26.4 Å². The van der Waals surface area contributed by atoms with Gasteiger partial charge in [-0.05, 0) is 25.5 Å². The van der Waals surface area contributed by atoms with Gasteiger partial charge in [-0.15, -0.1) is 0 Å². The van der Waals surface area contributed by atoms with Gasteiger partial charge in [0.2, 0.25) is 10.0 Å². The molecule has 0 aliphatic heterocycles. The predicted octanol–water partition coefficient (Wildman–Crippen LogP) is 1.14. The van der Waals surface area contributed by atoms with Gasteiger partial charge in [0.05, 0.1) is 26.4 Å². The number of methoxy groups -OCH3 is 2. The molecule has 114 valence electrons. The van der Waals surface area contributed by atoms with Gasteiger partial charge in [-0.3, -0.25) is 0 Å². The van der Waals surface area contributed by atoms with Crippen molar-refractivity contribution < 1.29 is 23.0 Å². The quantitative estimate of drug-likeness (QED) is 0.789. The first-order valence-corrected chi connectivity index (χ1v) is 7.67. The number of aliphatic hydroxyl groups is 1. The molecule has 0 aromatic heterocycles. The van der Waals surface area contributed by atoms with Crippen LogP contribution in [0.4, 0.5) is 0 Å². The van der Waals surface area contributed by atoms with Crippen LogP contribution in [0.15, 0.2) is 23.1 Å². The molecule has 2 N–H and O–H groups in total. The average Bonchev–Trinajstić information content (AvgIpc) is 2.45. The van der Waals surface area contributed by atoms with E-state index in [9.17, 15) is 13.5 Å². The predicted molar refractivity (Wildman–Crippen MR) is 75.6 cm³/mol. The largest absolute Gasteiger partial charge is 0.497 e. The van der Waals surface area contributed by atoms with Gasteiger partial charge >= 0.3 is 0 Å². The van der Waals surface area contributed by atoms with Crippen LogP contribution in [0.1, 0.15) is 20.3 Å². The van der Waals surface area contributed by atoms with E-state index in [0.29, 0.717) is 12.2 Å². The summed E-state index contributed by atoms with van der Waals surface area (Å²) in [5.41, 5.74) is -0.913. The van der Waals surface area contributed by atoms with E-state index in [2.05, 4.69) is 4.72 Å². The summed E-state index contributed by atoms with van der Waals surface area (Å²) in [5.74, 6) is 0.689. The number of sulfonamides is 1. The van der Waals surface area contributed by atoms with Crippen molar-refractivity contribution in [2.45, 2.75) is 30.7 Å². The Labute approximate surface area is 119 Å². The van der Waals surface area contributed by atoms with Crippen molar-refractivity contribution >= 4 is 10.0 Å². The molecule has 0 heterocycles. The molecule has 0 fully saturated rings. The van der Waals surface area contributed by atoms with E-state index < -0.39 is 15.6 Å². The lowest BCUT2D eigenvalue weighted by molar-refractivity contribution is 0.191. The third-order valence-corrected chi connectivity index (χ3v) is 4.85. The standard InChI is InChI=1S/C13H21NO5S/c1-5-13(2,9-15)14-20(16,17)12-7-6-10(18-3)8-11(12)19-4/h6-8,14-15H,5,9H2,1-4H3. The summed E-state index contributed by atoms with van der Waals surface area (Å²) in [6, 6.07) is 4.45. The second kappa shape index (κ2) is 6.43. The summed E-state index contributed by atoms with van der Waals surface area (Å²) in [5, 5.41) is 9.33. The smallest absolute Gasteiger partial charge is 0.244 e. The summed E-state index contributed by atoms with van der Waals surface area (Å²) in [4.78, 5) is 0.00826. The van der Waals surface area contributed by atoms with Gasteiger partial charge in [0.15, 0.2) is 0 Å². The van der Waals surface area contributed by atoms with Gasteiger partial charge < -0.3 is 14.6 Å². The molecular formula is C13H21NO5S. The monoisotopic (exact) mass is 303 g/mol. The van der Waals surface area contributed by atoms with Crippen molar-refractivity contribution in [2.75, 3.05) is 20.8 Å². The van der Waals surface area contributed by atoms with Crippen molar-refractivity contribution in [2.24, 2.45) is 0 Å². The molecule has 0 spiro atoms. The lowest BCUT2D eigenvalue weighted by Crippen LogP contribution is -2.48. The lowest BCUT2D eigenvalue weighted by Gasteiger charge is -2.27.